The van der Waals surface area contributed by atoms with Gasteiger partial charge in [-0.2, -0.15) is 0 Å². The van der Waals surface area contributed by atoms with Gasteiger partial charge in [-0.15, -0.1) is 21.8 Å². The normalized spacial score (nSPS) is 13.0. The Morgan fingerprint density at radius 3 is 2.85 bits per heavy atom. The average Bonchev–Trinajstić information content (AvgIpc) is 2.95. The molecule has 3 aromatic heterocycles. The van der Waals surface area contributed by atoms with E-state index in [1.54, 1.807) is 6.33 Å². The van der Waals surface area contributed by atoms with Crippen molar-refractivity contribution in [3.8, 4) is 0 Å². The standard InChI is InChI=1S/C13H15ClN6/c1-8-4-10-13(15-5-8)20(12(17-10)9(2)14)6-11-18-16-7-19(11)3/h4-5,7,9H,6H2,1-3H3. The highest BCUT2D eigenvalue weighted by Gasteiger charge is 2.17. The second kappa shape index (κ2) is 4.86. The third-order valence-electron chi connectivity index (χ3n) is 3.21. The van der Waals surface area contributed by atoms with Crippen molar-refractivity contribution in [1.29, 1.82) is 0 Å². The maximum Gasteiger partial charge on any atom is 0.160 e. The van der Waals surface area contributed by atoms with E-state index in [-0.39, 0.29) is 5.38 Å². The Balaban J connectivity index is 2.16. The zero-order chi connectivity index (χ0) is 14.3. The van der Waals surface area contributed by atoms with Crippen LogP contribution in [0.4, 0.5) is 0 Å². The van der Waals surface area contributed by atoms with Crippen molar-refractivity contribution < 1.29 is 0 Å². The fraction of sp³-hybridized carbons (Fsp3) is 0.385. The van der Waals surface area contributed by atoms with Crippen LogP contribution in [0, 0.1) is 6.92 Å². The van der Waals surface area contributed by atoms with Crippen LogP contribution in [0.3, 0.4) is 0 Å². The highest BCUT2D eigenvalue weighted by molar-refractivity contribution is 6.20. The Labute approximate surface area is 121 Å². The first kappa shape index (κ1) is 13.1. The number of pyridine rings is 1. The zero-order valence-electron chi connectivity index (χ0n) is 11.6. The van der Waals surface area contributed by atoms with Gasteiger partial charge in [0.15, 0.2) is 11.5 Å². The van der Waals surface area contributed by atoms with E-state index in [0.717, 1.165) is 28.4 Å². The minimum absolute atomic E-state index is 0.197. The fourth-order valence-electron chi connectivity index (χ4n) is 2.18. The second-order valence-corrected chi connectivity index (χ2v) is 5.54. The summed E-state index contributed by atoms with van der Waals surface area (Å²) in [5.74, 6) is 1.63. The molecule has 0 saturated carbocycles. The number of rotatable bonds is 3. The van der Waals surface area contributed by atoms with Crippen molar-refractivity contribution in [1.82, 2.24) is 29.3 Å². The van der Waals surface area contributed by atoms with E-state index in [4.69, 9.17) is 11.6 Å². The third kappa shape index (κ3) is 2.16. The van der Waals surface area contributed by atoms with Gasteiger partial charge in [0.25, 0.3) is 0 Å². The smallest absolute Gasteiger partial charge is 0.160 e. The molecule has 0 N–H and O–H groups in total. The molecular weight excluding hydrogens is 276 g/mol. The molecule has 7 heteroatoms. The van der Waals surface area contributed by atoms with Gasteiger partial charge < -0.3 is 9.13 Å². The summed E-state index contributed by atoms with van der Waals surface area (Å²) < 4.78 is 3.87. The lowest BCUT2D eigenvalue weighted by atomic mass is 10.3. The molecule has 1 unspecified atom stereocenters. The van der Waals surface area contributed by atoms with Crippen LogP contribution in [-0.4, -0.2) is 29.3 Å². The summed E-state index contributed by atoms with van der Waals surface area (Å²) in [6.45, 7) is 4.45. The Bertz CT molecular complexity index is 757. The lowest BCUT2D eigenvalue weighted by molar-refractivity contribution is 0.671. The summed E-state index contributed by atoms with van der Waals surface area (Å²) in [4.78, 5) is 9.07. The summed E-state index contributed by atoms with van der Waals surface area (Å²) in [7, 11) is 1.91. The molecule has 0 bridgehead atoms. The fourth-order valence-corrected chi connectivity index (χ4v) is 2.35. The van der Waals surface area contributed by atoms with Crippen molar-refractivity contribution >= 4 is 22.8 Å². The molecule has 0 aliphatic carbocycles. The quantitative estimate of drug-likeness (QED) is 0.694. The maximum atomic E-state index is 6.25. The number of nitrogens with zero attached hydrogens (tertiary/aromatic N) is 6. The van der Waals surface area contributed by atoms with Crippen LogP contribution < -0.4 is 0 Å². The summed E-state index contributed by atoms with van der Waals surface area (Å²) in [5, 5.41) is 7.81. The number of hydrogen-bond donors (Lipinski definition) is 0. The number of imidazole rings is 1. The molecule has 1 atom stereocenters. The van der Waals surface area contributed by atoms with Gasteiger partial charge in [0.2, 0.25) is 0 Å². The van der Waals surface area contributed by atoms with Crippen LogP contribution in [0.5, 0.6) is 0 Å². The van der Waals surface area contributed by atoms with Crippen molar-refractivity contribution in [2.75, 3.05) is 0 Å². The van der Waals surface area contributed by atoms with Crippen LogP contribution in [0.25, 0.3) is 11.2 Å². The average molecular weight is 291 g/mol. The van der Waals surface area contributed by atoms with E-state index >= 15 is 0 Å². The molecule has 104 valence electrons. The first-order valence-corrected chi connectivity index (χ1v) is 6.79. The summed E-state index contributed by atoms with van der Waals surface area (Å²) in [5.41, 5.74) is 2.75. The lowest BCUT2D eigenvalue weighted by Gasteiger charge is -2.09. The minimum Gasteiger partial charge on any atom is -0.319 e. The molecule has 3 heterocycles. The van der Waals surface area contributed by atoms with E-state index < -0.39 is 0 Å². The molecule has 0 amide bonds. The molecule has 6 nitrogen and oxygen atoms in total. The van der Waals surface area contributed by atoms with E-state index in [9.17, 15) is 0 Å². The zero-order valence-corrected chi connectivity index (χ0v) is 12.3. The molecule has 20 heavy (non-hydrogen) atoms. The Morgan fingerprint density at radius 1 is 1.40 bits per heavy atom. The number of fused-ring (bicyclic) bond motifs is 1. The van der Waals surface area contributed by atoms with Crippen LogP contribution in [0.1, 0.15) is 29.5 Å². The number of alkyl halides is 1. The van der Waals surface area contributed by atoms with E-state index in [2.05, 4.69) is 20.2 Å². The maximum absolute atomic E-state index is 6.25. The first-order valence-electron chi connectivity index (χ1n) is 6.36. The highest BCUT2D eigenvalue weighted by atomic mass is 35.5. The summed E-state index contributed by atoms with van der Waals surface area (Å²) in [6, 6.07) is 2.01. The first-order chi connectivity index (χ1) is 9.56. The largest absolute Gasteiger partial charge is 0.319 e. The molecule has 0 aliphatic rings. The molecular formula is C13H15ClN6. The molecule has 0 spiro atoms. The van der Waals surface area contributed by atoms with Gasteiger partial charge in [0.1, 0.15) is 17.7 Å². The topological polar surface area (TPSA) is 61.4 Å². The highest BCUT2D eigenvalue weighted by Crippen LogP contribution is 2.24. The number of halogens is 1. The molecule has 0 aromatic carbocycles. The number of aromatic nitrogens is 6. The van der Waals surface area contributed by atoms with Gasteiger partial charge in [-0.1, -0.05) is 0 Å². The molecule has 0 saturated heterocycles. The van der Waals surface area contributed by atoms with Crippen LogP contribution in [0.2, 0.25) is 0 Å². The molecule has 3 rings (SSSR count). The second-order valence-electron chi connectivity index (χ2n) is 4.89. The van der Waals surface area contributed by atoms with E-state index in [1.807, 2.05) is 42.3 Å². The van der Waals surface area contributed by atoms with Crippen molar-refractivity contribution in [2.24, 2.45) is 7.05 Å². The molecule has 0 radical (unpaired) electrons. The minimum atomic E-state index is -0.197. The van der Waals surface area contributed by atoms with Gasteiger partial charge in [0, 0.05) is 13.2 Å². The van der Waals surface area contributed by atoms with Gasteiger partial charge in [-0.05, 0) is 25.5 Å². The van der Waals surface area contributed by atoms with Gasteiger partial charge in [-0.3, -0.25) is 0 Å². The van der Waals surface area contributed by atoms with Crippen molar-refractivity contribution in [3.63, 3.8) is 0 Å². The molecule has 0 fully saturated rings. The number of hydrogen-bond acceptors (Lipinski definition) is 4. The van der Waals surface area contributed by atoms with Crippen LogP contribution in [0.15, 0.2) is 18.6 Å². The number of aryl methyl sites for hydroxylation is 2. The SMILES string of the molecule is Cc1cnc2c(c1)nc(C(C)Cl)n2Cc1nncn1C. The summed E-state index contributed by atoms with van der Waals surface area (Å²) in [6.07, 6.45) is 3.51. The Morgan fingerprint density at radius 2 is 2.20 bits per heavy atom. The van der Waals surface area contributed by atoms with Crippen LogP contribution in [-0.2, 0) is 13.6 Å². The van der Waals surface area contributed by atoms with Crippen molar-refractivity contribution in [3.05, 3.63) is 35.8 Å². The predicted octanol–water partition coefficient (Wildman–Crippen LogP) is 2.22. The molecule has 3 aromatic rings. The van der Waals surface area contributed by atoms with E-state index in [0.29, 0.717) is 6.54 Å². The van der Waals surface area contributed by atoms with Gasteiger partial charge in [0.05, 0.1) is 11.9 Å². The van der Waals surface area contributed by atoms with Gasteiger partial charge in [-0.25, -0.2) is 9.97 Å². The Kier molecular flexibility index (Phi) is 3.17. The van der Waals surface area contributed by atoms with E-state index in [1.165, 1.54) is 0 Å². The molecule has 0 aliphatic heterocycles. The monoisotopic (exact) mass is 290 g/mol. The lowest BCUT2D eigenvalue weighted by Crippen LogP contribution is -2.10. The van der Waals surface area contributed by atoms with Crippen molar-refractivity contribution in [2.45, 2.75) is 25.8 Å². The van der Waals surface area contributed by atoms with Gasteiger partial charge >= 0.3 is 0 Å². The predicted molar refractivity (Wildman–Crippen MR) is 76.6 cm³/mol. The van der Waals surface area contributed by atoms with Crippen LogP contribution >= 0.6 is 11.6 Å². The summed E-state index contributed by atoms with van der Waals surface area (Å²) >= 11 is 6.25. The Hall–Kier alpha value is -1.95. The third-order valence-corrected chi connectivity index (χ3v) is 3.41.